The molecule has 0 aliphatic carbocycles. The van der Waals surface area contributed by atoms with Gasteiger partial charge in [0.1, 0.15) is 30.5 Å². The van der Waals surface area contributed by atoms with Gasteiger partial charge in [-0.25, -0.2) is 0 Å². The molecule has 45 heavy (non-hydrogen) atoms. The number of ketones is 1. The number of hydrogen-bond acceptors (Lipinski definition) is 7. The van der Waals surface area contributed by atoms with E-state index in [1.54, 1.807) is 0 Å². The highest BCUT2D eigenvalue weighted by atomic mass is 16.6. The average Bonchev–Trinajstić information content (AvgIpc) is 3.09. The van der Waals surface area contributed by atoms with Crippen molar-refractivity contribution in [1.82, 2.24) is 0 Å². The van der Waals surface area contributed by atoms with Gasteiger partial charge in [-0.2, -0.15) is 0 Å². The predicted octanol–water partition coefficient (Wildman–Crippen LogP) is 6.95. The Bertz CT molecular complexity index is 1670. The lowest BCUT2D eigenvalue weighted by Crippen LogP contribution is -2.37. The van der Waals surface area contributed by atoms with Gasteiger partial charge in [-0.1, -0.05) is 80.6 Å². The lowest BCUT2D eigenvalue weighted by atomic mass is 9.83. The first-order chi connectivity index (χ1) is 21.9. The number of fused-ring (bicyclic) bond motifs is 3. The molecule has 2 aliphatic heterocycles. The predicted molar refractivity (Wildman–Crippen MR) is 176 cm³/mol. The van der Waals surface area contributed by atoms with Crippen LogP contribution in [-0.2, 0) is 24.7 Å². The Morgan fingerprint density at radius 1 is 0.844 bits per heavy atom. The van der Waals surface area contributed by atoms with Crippen LogP contribution in [0.25, 0.3) is 16.8 Å². The molecule has 0 saturated carbocycles. The van der Waals surface area contributed by atoms with Crippen molar-refractivity contribution in [3.63, 3.8) is 0 Å². The summed E-state index contributed by atoms with van der Waals surface area (Å²) in [6, 6.07) is 28.8. The Hall–Kier alpha value is -4.62. The third-order valence-corrected chi connectivity index (χ3v) is 8.45. The number of esters is 1. The van der Waals surface area contributed by atoms with E-state index in [-0.39, 0.29) is 43.7 Å². The van der Waals surface area contributed by atoms with Crippen LogP contribution >= 0.6 is 0 Å². The first-order valence-corrected chi connectivity index (χ1v) is 15.7. The molecule has 0 spiro atoms. The first kappa shape index (κ1) is 30.4. The van der Waals surface area contributed by atoms with Crippen molar-refractivity contribution in [2.45, 2.75) is 32.3 Å². The van der Waals surface area contributed by atoms with Gasteiger partial charge >= 0.3 is 5.97 Å². The molecule has 7 heteroatoms. The van der Waals surface area contributed by atoms with Crippen molar-refractivity contribution in [2.75, 3.05) is 44.4 Å². The minimum atomic E-state index is -0.847. The molecule has 232 valence electrons. The zero-order valence-electron chi connectivity index (χ0n) is 25.9. The third kappa shape index (κ3) is 6.59. The molecule has 2 aliphatic rings. The Labute approximate surface area is 264 Å². The van der Waals surface area contributed by atoms with Crippen molar-refractivity contribution >= 4 is 34.3 Å². The van der Waals surface area contributed by atoms with Gasteiger partial charge in [0.15, 0.2) is 5.60 Å². The molecule has 0 bridgehead atoms. The fourth-order valence-corrected chi connectivity index (χ4v) is 5.95. The second kappa shape index (κ2) is 13.6. The van der Waals surface area contributed by atoms with E-state index in [0.29, 0.717) is 19.0 Å². The zero-order chi connectivity index (χ0) is 31.2. The molecule has 2 heterocycles. The summed E-state index contributed by atoms with van der Waals surface area (Å²) in [6.45, 7) is 7.07. The van der Waals surface area contributed by atoms with Crippen molar-refractivity contribution in [3.05, 3.63) is 108 Å². The normalized spacial score (nSPS) is 17.5. The summed E-state index contributed by atoms with van der Waals surface area (Å²) in [5.41, 5.74) is 3.36. The number of benzene rings is 4. The summed E-state index contributed by atoms with van der Waals surface area (Å²) in [6.07, 6.45) is 4.62. The van der Waals surface area contributed by atoms with Gasteiger partial charge in [-0.05, 0) is 29.7 Å². The maximum Gasteiger partial charge on any atom is 0.306 e. The van der Waals surface area contributed by atoms with Crippen LogP contribution in [-0.4, -0.2) is 51.3 Å². The number of Topliss-reactive ketones (excluding diaryl/α,β-unsaturated/α-hetero) is 1. The molecule has 6 rings (SSSR count). The minimum Gasteiger partial charge on any atom is -0.490 e. The highest BCUT2D eigenvalue weighted by Crippen LogP contribution is 2.47. The van der Waals surface area contributed by atoms with E-state index in [2.05, 4.69) is 59.5 Å². The van der Waals surface area contributed by atoms with Gasteiger partial charge in [0.25, 0.3) is 0 Å². The fourth-order valence-electron chi connectivity index (χ4n) is 5.95. The summed E-state index contributed by atoms with van der Waals surface area (Å²) in [5, 5.41) is 2.36. The van der Waals surface area contributed by atoms with Crippen LogP contribution < -0.4 is 14.4 Å². The molecular weight excluding hydrogens is 566 g/mol. The van der Waals surface area contributed by atoms with Gasteiger partial charge in [-0.15, -0.1) is 0 Å². The lowest BCUT2D eigenvalue weighted by Gasteiger charge is -2.38. The van der Waals surface area contributed by atoms with E-state index in [9.17, 15) is 9.59 Å². The number of hydrogen-bond donors (Lipinski definition) is 0. The van der Waals surface area contributed by atoms with E-state index >= 15 is 0 Å². The molecule has 1 fully saturated rings. The maximum absolute atomic E-state index is 12.0. The highest BCUT2D eigenvalue weighted by Gasteiger charge is 2.38. The standard InChI is InChI=1S/C38H39NO6/c1-27(2)35(40)16-17-37(41)44-25-24-43-30-14-12-29(13-15-30)38(28-8-4-3-5-9-28)19-18-33-31-10-6-7-11-32(31)34(26-36(33)45-38)39-20-22-42-23-21-39/h3-15,18-19,26-27H,16-17,20-25H2,1-2H3. The Balaban J connectivity index is 1.23. The number of ether oxygens (including phenoxy) is 4. The number of morpholine rings is 1. The summed E-state index contributed by atoms with van der Waals surface area (Å²) in [4.78, 5) is 26.1. The quantitative estimate of drug-likeness (QED) is 0.135. The number of carbonyl (C=O) groups is 2. The van der Waals surface area contributed by atoms with Crippen LogP contribution in [0.1, 0.15) is 43.4 Å². The molecular formula is C38H39NO6. The van der Waals surface area contributed by atoms with Crippen LogP contribution in [0.15, 0.2) is 91.0 Å². The second-order valence-electron chi connectivity index (χ2n) is 11.7. The van der Waals surface area contributed by atoms with Gasteiger partial charge in [-0.3, -0.25) is 9.59 Å². The molecule has 0 radical (unpaired) electrons. The SMILES string of the molecule is CC(C)C(=O)CCC(=O)OCCOc1ccc(C2(c3ccccc3)C=Cc3c(cc(N4CCOCC4)c4ccccc34)O2)cc1. The van der Waals surface area contributed by atoms with Crippen LogP contribution in [0, 0.1) is 5.92 Å². The zero-order valence-corrected chi connectivity index (χ0v) is 25.9. The van der Waals surface area contributed by atoms with E-state index in [1.807, 2.05) is 56.3 Å². The summed E-state index contributed by atoms with van der Waals surface area (Å²) < 4.78 is 23.8. The van der Waals surface area contributed by atoms with Gasteiger partial charge in [0, 0.05) is 59.3 Å². The number of anilines is 1. The lowest BCUT2D eigenvalue weighted by molar-refractivity contribution is -0.145. The molecule has 7 nitrogen and oxygen atoms in total. The smallest absolute Gasteiger partial charge is 0.306 e. The van der Waals surface area contributed by atoms with Gasteiger partial charge < -0.3 is 23.8 Å². The molecule has 0 amide bonds. The topological polar surface area (TPSA) is 74.3 Å². The number of nitrogens with zero attached hydrogens (tertiary/aromatic N) is 1. The highest BCUT2D eigenvalue weighted by molar-refractivity contribution is 6.02. The third-order valence-electron chi connectivity index (χ3n) is 8.45. The van der Waals surface area contributed by atoms with Crippen LogP contribution in [0.2, 0.25) is 0 Å². The number of carbonyl (C=O) groups excluding carboxylic acids is 2. The van der Waals surface area contributed by atoms with Crippen molar-refractivity contribution in [1.29, 1.82) is 0 Å². The Morgan fingerprint density at radius 3 is 2.27 bits per heavy atom. The monoisotopic (exact) mass is 605 g/mol. The summed E-state index contributed by atoms with van der Waals surface area (Å²) in [7, 11) is 0. The van der Waals surface area contributed by atoms with E-state index in [1.165, 1.54) is 5.39 Å². The van der Waals surface area contributed by atoms with E-state index in [0.717, 1.165) is 46.6 Å². The molecule has 1 unspecified atom stereocenters. The van der Waals surface area contributed by atoms with Crippen LogP contribution in [0.3, 0.4) is 0 Å². The van der Waals surface area contributed by atoms with Gasteiger partial charge in [0.2, 0.25) is 0 Å². The minimum absolute atomic E-state index is 0.0581. The molecule has 4 aromatic carbocycles. The molecule has 0 aromatic heterocycles. The summed E-state index contributed by atoms with van der Waals surface area (Å²) in [5.74, 6) is 1.08. The van der Waals surface area contributed by atoms with Crippen molar-refractivity contribution in [2.24, 2.45) is 5.92 Å². The Morgan fingerprint density at radius 2 is 1.53 bits per heavy atom. The maximum atomic E-state index is 12.0. The molecule has 4 aromatic rings. The molecule has 1 atom stereocenters. The van der Waals surface area contributed by atoms with E-state index < -0.39 is 5.60 Å². The first-order valence-electron chi connectivity index (χ1n) is 15.7. The summed E-state index contributed by atoms with van der Waals surface area (Å²) >= 11 is 0. The largest absolute Gasteiger partial charge is 0.490 e. The molecule has 1 saturated heterocycles. The van der Waals surface area contributed by atoms with Gasteiger partial charge in [0.05, 0.1) is 19.6 Å². The average molecular weight is 606 g/mol. The molecule has 0 N–H and O–H groups in total. The number of rotatable bonds is 11. The van der Waals surface area contributed by atoms with Crippen LogP contribution in [0.5, 0.6) is 11.5 Å². The van der Waals surface area contributed by atoms with E-state index in [4.69, 9.17) is 18.9 Å². The van der Waals surface area contributed by atoms with Crippen LogP contribution in [0.4, 0.5) is 5.69 Å². The van der Waals surface area contributed by atoms with Crippen molar-refractivity contribution in [3.8, 4) is 11.5 Å². The fraction of sp³-hybridized carbons (Fsp3) is 0.316. The second-order valence-corrected chi connectivity index (χ2v) is 11.7. The Kier molecular flexibility index (Phi) is 9.17. The van der Waals surface area contributed by atoms with Crippen molar-refractivity contribution < 1.29 is 28.5 Å².